The van der Waals surface area contributed by atoms with Crippen LogP contribution in [-0.4, -0.2) is 16.6 Å². The number of hydrogen-bond acceptors (Lipinski definition) is 4. The molecule has 6 heteroatoms. The maximum atomic E-state index is 12.0. The molecular formula is C17H24N2O4. The molecular weight excluding hydrogens is 296 g/mol. The topological polar surface area (TPSA) is 89.3 Å². The van der Waals surface area contributed by atoms with Gasteiger partial charge in [-0.15, -0.1) is 0 Å². The molecule has 1 unspecified atom stereocenters. The fourth-order valence-electron chi connectivity index (χ4n) is 2.91. The molecule has 0 aromatic rings. The number of nitrogens with zero attached hydrogens (tertiary/aromatic N) is 1. The number of allylic oxidation sites excluding steroid dienone is 3. The molecule has 2 rings (SSSR count). The number of rotatable bonds is 5. The van der Waals surface area contributed by atoms with Crippen molar-refractivity contribution in [1.29, 1.82) is 0 Å². The maximum Gasteiger partial charge on any atom is 0.270 e. The van der Waals surface area contributed by atoms with E-state index in [1.165, 1.54) is 0 Å². The van der Waals surface area contributed by atoms with Gasteiger partial charge in [0.1, 0.15) is 11.5 Å². The van der Waals surface area contributed by atoms with Gasteiger partial charge in [-0.05, 0) is 29.7 Å². The lowest BCUT2D eigenvalue weighted by atomic mass is 9.76. The van der Waals surface area contributed by atoms with Crippen LogP contribution in [0.5, 0.6) is 0 Å². The Labute approximate surface area is 136 Å². The van der Waals surface area contributed by atoms with Crippen molar-refractivity contribution in [2.45, 2.75) is 52.9 Å². The Hall–Kier alpha value is -1.98. The summed E-state index contributed by atoms with van der Waals surface area (Å²) in [7, 11) is 0. The molecule has 0 aromatic heterocycles. The zero-order valence-electron chi connectivity index (χ0n) is 13.9. The molecule has 126 valence electrons. The second-order valence-corrected chi connectivity index (χ2v) is 7.55. The molecule has 0 aromatic carbocycles. The van der Waals surface area contributed by atoms with Crippen LogP contribution in [-0.2, 0) is 9.59 Å². The third-order valence-electron chi connectivity index (χ3n) is 4.64. The minimum atomic E-state index is -0.400. The fourth-order valence-corrected chi connectivity index (χ4v) is 2.91. The van der Waals surface area contributed by atoms with Gasteiger partial charge in [0.05, 0.1) is 4.92 Å². The van der Waals surface area contributed by atoms with Crippen LogP contribution in [0, 0.1) is 27.4 Å². The van der Waals surface area contributed by atoms with Gasteiger partial charge in [-0.2, -0.15) is 0 Å². The number of nitrogens with one attached hydrogen (secondary N) is 1. The van der Waals surface area contributed by atoms with E-state index in [1.54, 1.807) is 6.08 Å². The number of nitro groups is 1. The molecule has 0 heterocycles. The molecule has 0 radical (unpaired) electrons. The summed E-state index contributed by atoms with van der Waals surface area (Å²) in [5, 5.41) is 14.0. The first kappa shape index (κ1) is 17.4. The highest BCUT2D eigenvalue weighted by molar-refractivity contribution is 5.85. The normalized spacial score (nSPS) is 22.0. The average Bonchev–Trinajstić information content (AvgIpc) is 2.41. The van der Waals surface area contributed by atoms with Gasteiger partial charge in [-0.25, -0.2) is 0 Å². The molecule has 0 bridgehead atoms. The molecule has 1 N–H and O–H groups in total. The van der Waals surface area contributed by atoms with Gasteiger partial charge in [0.15, 0.2) is 0 Å². The SMILES string of the molecule is CC(C)(C)C1C=CC(NC(=O)CCC2CC(=O)C2)=C([N+](=O)[O-])C1. The highest BCUT2D eigenvalue weighted by atomic mass is 16.6. The molecule has 0 aliphatic heterocycles. The first-order valence-corrected chi connectivity index (χ1v) is 8.04. The third kappa shape index (κ3) is 4.50. The summed E-state index contributed by atoms with van der Waals surface area (Å²) in [6.07, 6.45) is 5.98. The molecule has 1 amide bonds. The van der Waals surface area contributed by atoms with E-state index < -0.39 is 4.92 Å². The Morgan fingerprint density at radius 1 is 1.35 bits per heavy atom. The Morgan fingerprint density at radius 3 is 2.52 bits per heavy atom. The van der Waals surface area contributed by atoms with Gasteiger partial charge in [-0.3, -0.25) is 19.7 Å². The summed E-state index contributed by atoms with van der Waals surface area (Å²) < 4.78 is 0. The van der Waals surface area contributed by atoms with E-state index in [0.29, 0.717) is 43.7 Å². The zero-order valence-corrected chi connectivity index (χ0v) is 13.9. The van der Waals surface area contributed by atoms with Gasteiger partial charge < -0.3 is 5.32 Å². The van der Waals surface area contributed by atoms with Gasteiger partial charge >= 0.3 is 0 Å². The molecule has 1 saturated carbocycles. The van der Waals surface area contributed by atoms with Gasteiger partial charge in [-0.1, -0.05) is 26.8 Å². The van der Waals surface area contributed by atoms with Gasteiger partial charge in [0.2, 0.25) is 5.91 Å². The van der Waals surface area contributed by atoms with Crippen molar-refractivity contribution >= 4 is 11.7 Å². The number of ketones is 1. The zero-order chi connectivity index (χ0) is 17.2. The van der Waals surface area contributed by atoms with E-state index in [-0.39, 0.29) is 28.7 Å². The van der Waals surface area contributed by atoms with Crippen LogP contribution in [0.1, 0.15) is 52.9 Å². The number of amides is 1. The lowest BCUT2D eigenvalue weighted by molar-refractivity contribution is -0.430. The molecule has 0 saturated heterocycles. The van der Waals surface area contributed by atoms with Gasteiger partial charge in [0, 0.05) is 25.7 Å². The molecule has 1 fully saturated rings. The summed E-state index contributed by atoms with van der Waals surface area (Å²) in [5.74, 6) is 0.392. The molecule has 2 aliphatic rings. The molecule has 23 heavy (non-hydrogen) atoms. The summed E-state index contributed by atoms with van der Waals surface area (Å²) in [6.45, 7) is 6.13. The van der Waals surface area contributed by atoms with Crippen molar-refractivity contribution in [3.63, 3.8) is 0 Å². The van der Waals surface area contributed by atoms with E-state index in [9.17, 15) is 19.7 Å². The lowest BCUT2D eigenvalue weighted by Crippen LogP contribution is -2.31. The lowest BCUT2D eigenvalue weighted by Gasteiger charge is -2.29. The summed E-state index contributed by atoms with van der Waals surface area (Å²) in [4.78, 5) is 33.8. The minimum absolute atomic E-state index is 0.0654. The fraction of sp³-hybridized carbons (Fsp3) is 0.647. The van der Waals surface area contributed by atoms with Crippen LogP contribution in [0.25, 0.3) is 0 Å². The molecule has 0 spiro atoms. The smallest absolute Gasteiger partial charge is 0.270 e. The summed E-state index contributed by atoms with van der Waals surface area (Å²) >= 11 is 0. The van der Waals surface area contributed by atoms with Crippen LogP contribution in [0.15, 0.2) is 23.5 Å². The Morgan fingerprint density at radius 2 is 2.00 bits per heavy atom. The van der Waals surface area contributed by atoms with Crippen molar-refractivity contribution < 1.29 is 14.5 Å². The first-order chi connectivity index (χ1) is 10.7. The number of Topliss-reactive ketones (excluding diaryl/α,β-unsaturated/α-hetero) is 1. The van der Waals surface area contributed by atoms with E-state index in [4.69, 9.17) is 0 Å². The molecule has 2 aliphatic carbocycles. The van der Waals surface area contributed by atoms with Gasteiger partial charge in [0.25, 0.3) is 5.70 Å². The summed E-state index contributed by atoms with van der Waals surface area (Å²) in [6, 6.07) is 0. The standard InChI is InChI=1S/C17H24N2O4/c1-17(2,3)12-5-6-14(15(10-12)19(22)23)18-16(21)7-4-11-8-13(20)9-11/h5-6,11-12H,4,7-10H2,1-3H3,(H,18,21). The van der Waals surface area contributed by atoms with E-state index in [2.05, 4.69) is 5.32 Å². The number of hydrogen-bond donors (Lipinski definition) is 1. The Balaban J connectivity index is 1.96. The van der Waals surface area contributed by atoms with Crippen LogP contribution in [0.4, 0.5) is 0 Å². The van der Waals surface area contributed by atoms with Crippen LogP contribution >= 0.6 is 0 Å². The van der Waals surface area contributed by atoms with Crippen LogP contribution < -0.4 is 5.32 Å². The minimum Gasteiger partial charge on any atom is -0.321 e. The predicted molar refractivity (Wildman–Crippen MR) is 85.8 cm³/mol. The molecule has 1 atom stereocenters. The van der Waals surface area contributed by atoms with Crippen molar-refractivity contribution in [2.75, 3.05) is 0 Å². The quantitative estimate of drug-likeness (QED) is 0.623. The highest BCUT2D eigenvalue weighted by Crippen LogP contribution is 2.36. The van der Waals surface area contributed by atoms with Crippen LogP contribution in [0.2, 0.25) is 0 Å². The Kier molecular flexibility index (Phi) is 5.02. The second-order valence-electron chi connectivity index (χ2n) is 7.55. The second kappa shape index (κ2) is 6.64. The summed E-state index contributed by atoms with van der Waals surface area (Å²) in [5.41, 5.74) is 0.300. The largest absolute Gasteiger partial charge is 0.321 e. The average molecular weight is 320 g/mol. The van der Waals surface area contributed by atoms with E-state index >= 15 is 0 Å². The first-order valence-electron chi connectivity index (χ1n) is 8.04. The molecule has 6 nitrogen and oxygen atoms in total. The number of carbonyl (C=O) groups is 2. The van der Waals surface area contributed by atoms with E-state index in [1.807, 2.05) is 26.8 Å². The van der Waals surface area contributed by atoms with Crippen LogP contribution in [0.3, 0.4) is 0 Å². The number of carbonyl (C=O) groups excluding carboxylic acids is 2. The monoisotopic (exact) mass is 320 g/mol. The maximum absolute atomic E-state index is 12.0. The van der Waals surface area contributed by atoms with Crippen molar-refractivity contribution in [1.82, 2.24) is 5.32 Å². The third-order valence-corrected chi connectivity index (χ3v) is 4.64. The highest BCUT2D eigenvalue weighted by Gasteiger charge is 2.33. The predicted octanol–water partition coefficient (Wildman–Crippen LogP) is 2.97. The van der Waals surface area contributed by atoms with E-state index in [0.717, 1.165) is 0 Å². The Bertz CT molecular complexity index is 576. The van der Waals surface area contributed by atoms with Crippen molar-refractivity contribution in [3.8, 4) is 0 Å². The van der Waals surface area contributed by atoms with Crippen molar-refractivity contribution in [2.24, 2.45) is 17.3 Å². The van der Waals surface area contributed by atoms with Crippen molar-refractivity contribution in [3.05, 3.63) is 33.7 Å².